The van der Waals surface area contributed by atoms with Crippen LogP contribution < -0.4 is 5.32 Å². The second-order valence-electron chi connectivity index (χ2n) is 2.91. The van der Waals surface area contributed by atoms with Crippen molar-refractivity contribution < 1.29 is 9.72 Å². The van der Waals surface area contributed by atoms with Crippen molar-refractivity contribution in [3.05, 3.63) is 34.4 Å². The van der Waals surface area contributed by atoms with E-state index in [4.69, 9.17) is 0 Å². The molecule has 0 saturated heterocycles. The number of amides is 1. The minimum atomic E-state index is -0.507. The lowest BCUT2D eigenvalue weighted by atomic mass is 10.3. The molecule has 1 aromatic carbocycles. The highest BCUT2D eigenvalue weighted by molar-refractivity contribution is 9.10. The largest absolute Gasteiger partial charge is 0.325 e. The second-order valence-corrected chi connectivity index (χ2v) is 4.29. The van der Waals surface area contributed by atoms with Gasteiger partial charge >= 0.3 is 0 Å². The van der Waals surface area contributed by atoms with Crippen LogP contribution in [0.2, 0.25) is 0 Å². The van der Waals surface area contributed by atoms with E-state index in [1.165, 1.54) is 18.2 Å². The van der Waals surface area contributed by atoms with Gasteiger partial charge in [-0.1, -0.05) is 22.0 Å². The van der Waals surface area contributed by atoms with Gasteiger partial charge in [0.05, 0.1) is 9.75 Å². The quantitative estimate of drug-likeness (QED) is 0.521. The number of non-ortho nitro benzene ring substituents is 1. The maximum Gasteiger partial charge on any atom is 0.271 e. The molecule has 1 aromatic rings. The zero-order chi connectivity index (χ0) is 11.4. The van der Waals surface area contributed by atoms with Crippen molar-refractivity contribution in [3.63, 3.8) is 0 Å². The summed E-state index contributed by atoms with van der Waals surface area (Å²) in [4.78, 5) is 20.9. The van der Waals surface area contributed by atoms with E-state index in [1.54, 1.807) is 13.0 Å². The normalized spacial score (nSPS) is 11.9. The third-order valence-corrected chi connectivity index (χ3v) is 2.10. The lowest BCUT2D eigenvalue weighted by molar-refractivity contribution is -0.384. The number of nitrogens with zero attached hydrogens (tertiary/aromatic N) is 1. The summed E-state index contributed by atoms with van der Waals surface area (Å²) in [6, 6.07) is 5.80. The second kappa shape index (κ2) is 4.88. The van der Waals surface area contributed by atoms with Crippen LogP contribution in [0.25, 0.3) is 0 Å². The Morgan fingerprint density at radius 3 is 2.80 bits per heavy atom. The summed E-state index contributed by atoms with van der Waals surface area (Å²) >= 11 is 3.10. The van der Waals surface area contributed by atoms with E-state index >= 15 is 0 Å². The van der Waals surface area contributed by atoms with E-state index in [1.807, 2.05) is 0 Å². The number of benzene rings is 1. The maximum atomic E-state index is 11.3. The predicted octanol–water partition coefficient (Wildman–Crippen LogP) is 2.32. The lowest BCUT2D eigenvalue weighted by Crippen LogP contribution is -2.19. The molecule has 15 heavy (non-hydrogen) atoms. The number of carbonyl (C=O) groups is 1. The van der Waals surface area contributed by atoms with Gasteiger partial charge in [0.25, 0.3) is 5.69 Å². The summed E-state index contributed by atoms with van der Waals surface area (Å²) in [5, 5.41) is 13.0. The van der Waals surface area contributed by atoms with Gasteiger partial charge < -0.3 is 5.32 Å². The third-order valence-electron chi connectivity index (χ3n) is 1.69. The van der Waals surface area contributed by atoms with Gasteiger partial charge in [0.15, 0.2) is 0 Å². The van der Waals surface area contributed by atoms with E-state index in [9.17, 15) is 14.9 Å². The summed E-state index contributed by atoms with van der Waals surface area (Å²) in [6.07, 6.45) is 0. The average molecular weight is 273 g/mol. The van der Waals surface area contributed by atoms with Gasteiger partial charge in [-0.25, -0.2) is 0 Å². The Morgan fingerprint density at radius 1 is 1.60 bits per heavy atom. The minimum Gasteiger partial charge on any atom is -0.325 e. The van der Waals surface area contributed by atoms with Crippen molar-refractivity contribution in [2.45, 2.75) is 11.8 Å². The molecule has 1 rings (SSSR count). The van der Waals surface area contributed by atoms with E-state index in [0.29, 0.717) is 5.69 Å². The van der Waals surface area contributed by atoms with Crippen LogP contribution in [0, 0.1) is 10.1 Å². The van der Waals surface area contributed by atoms with Gasteiger partial charge in [-0.05, 0) is 13.0 Å². The van der Waals surface area contributed by atoms with Crippen molar-refractivity contribution >= 4 is 33.2 Å². The summed E-state index contributed by atoms with van der Waals surface area (Å²) in [7, 11) is 0. The average Bonchev–Trinajstić information content (AvgIpc) is 2.18. The van der Waals surface area contributed by atoms with Gasteiger partial charge in [-0.2, -0.15) is 0 Å². The van der Waals surface area contributed by atoms with Crippen molar-refractivity contribution in [1.82, 2.24) is 0 Å². The Bertz CT molecular complexity index is 393. The molecule has 0 radical (unpaired) electrons. The van der Waals surface area contributed by atoms with Crippen molar-refractivity contribution in [2.24, 2.45) is 0 Å². The van der Waals surface area contributed by atoms with Crippen LogP contribution in [0.3, 0.4) is 0 Å². The zero-order valence-corrected chi connectivity index (χ0v) is 9.52. The fourth-order valence-corrected chi connectivity index (χ4v) is 1.05. The number of nitrogens with one attached hydrogen (secondary N) is 1. The molecule has 0 spiro atoms. The van der Waals surface area contributed by atoms with E-state index in [0.717, 1.165) is 0 Å². The monoisotopic (exact) mass is 272 g/mol. The Labute approximate surface area is 94.8 Å². The van der Waals surface area contributed by atoms with Gasteiger partial charge in [0, 0.05) is 17.8 Å². The summed E-state index contributed by atoms with van der Waals surface area (Å²) < 4.78 is 0. The molecule has 1 unspecified atom stereocenters. The molecule has 0 aliphatic heterocycles. The first kappa shape index (κ1) is 11.6. The summed E-state index contributed by atoms with van der Waals surface area (Å²) in [5.74, 6) is -0.240. The molecule has 0 saturated carbocycles. The zero-order valence-electron chi connectivity index (χ0n) is 7.94. The highest BCUT2D eigenvalue weighted by atomic mass is 79.9. The molecular weight excluding hydrogens is 264 g/mol. The van der Waals surface area contributed by atoms with Crippen molar-refractivity contribution in [2.75, 3.05) is 5.32 Å². The molecule has 0 aromatic heterocycles. The smallest absolute Gasteiger partial charge is 0.271 e. The highest BCUT2D eigenvalue weighted by Gasteiger charge is 2.11. The molecule has 6 heteroatoms. The van der Waals surface area contributed by atoms with Gasteiger partial charge in [0.2, 0.25) is 5.91 Å². The Hall–Kier alpha value is -1.43. The molecule has 80 valence electrons. The van der Waals surface area contributed by atoms with Crippen molar-refractivity contribution in [1.29, 1.82) is 0 Å². The lowest BCUT2D eigenvalue weighted by Gasteiger charge is -2.05. The molecule has 0 fully saturated rings. The topological polar surface area (TPSA) is 72.2 Å². The Morgan fingerprint density at radius 2 is 2.27 bits per heavy atom. The molecule has 1 N–H and O–H groups in total. The van der Waals surface area contributed by atoms with Gasteiger partial charge in [-0.3, -0.25) is 14.9 Å². The van der Waals surface area contributed by atoms with Crippen LogP contribution >= 0.6 is 15.9 Å². The van der Waals surface area contributed by atoms with Gasteiger partial charge in [0.1, 0.15) is 0 Å². The molecular formula is C9H9BrN2O3. The minimum absolute atomic E-state index is 0.0463. The van der Waals surface area contributed by atoms with Crippen LogP contribution in [-0.4, -0.2) is 15.7 Å². The fraction of sp³-hybridized carbons (Fsp3) is 0.222. The van der Waals surface area contributed by atoms with E-state index in [2.05, 4.69) is 21.2 Å². The molecule has 5 nitrogen and oxygen atoms in total. The molecule has 1 atom stereocenters. The predicted molar refractivity (Wildman–Crippen MR) is 60.1 cm³/mol. The number of hydrogen-bond acceptors (Lipinski definition) is 3. The maximum absolute atomic E-state index is 11.3. The number of rotatable bonds is 3. The fourth-order valence-electron chi connectivity index (χ4n) is 0.939. The van der Waals surface area contributed by atoms with Crippen LogP contribution in [0.1, 0.15) is 6.92 Å². The third kappa shape index (κ3) is 3.32. The van der Waals surface area contributed by atoms with Crippen LogP contribution in [0.5, 0.6) is 0 Å². The Balaban J connectivity index is 2.83. The van der Waals surface area contributed by atoms with E-state index < -0.39 is 4.92 Å². The molecule has 0 heterocycles. The van der Waals surface area contributed by atoms with Crippen LogP contribution in [0.15, 0.2) is 24.3 Å². The first-order chi connectivity index (χ1) is 7.00. The number of hydrogen-bond donors (Lipinski definition) is 1. The highest BCUT2D eigenvalue weighted by Crippen LogP contribution is 2.17. The summed E-state index contributed by atoms with van der Waals surface area (Å²) in [6.45, 7) is 1.67. The number of alkyl halides is 1. The molecule has 0 aliphatic rings. The Kier molecular flexibility index (Phi) is 3.79. The first-order valence-corrected chi connectivity index (χ1v) is 5.11. The van der Waals surface area contributed by atoms with Crippen LogP contribution in [-0.2, 0) is 4.79 Å². The number of carbonyl (C=O) groups excluding carboxylic acids is 1. The number of nitro groups is 1. The van der Waals surface area contributed by atoms with Gasteiger partial charge in [-0.15, -0.1) is 0 Å². The van der Waals surface area contributed by atoms with E-state index in [-0.39, 0.29) is 16.4 Å². The molecule has 1 amide bonds. The molecule has 0 bridgehead atoms. The molecule has 0 aliphatic carbocycles. The van der Waals surface area contributed by atoms with Crippen LogP contribution in [0.4, 0.5) is 11.4 Å². The standard InChI is InChI=1S/C9H9BrN2O3/c1-6(10)9(13)11-7-3-2-4-8(5-7)12(14)15/h2-6H,1H3,(H,11,13). The summed E-state index contributed by atoms with van der Waals surface area (Å²) in [5.41, 5.74) is 0.371. The number of halogens is 1. The first-order valence-electron chi connectivity index (χ1n) is 4.20. The number of anilines is 1. The number of nitro benzene ring substituents is 1. The van der Waals surface area contributed by atoms with Crippen molar-refractivity contribution in [3.8, 4) is 0 Å². The SMILES string of the molecule is CC(Br)C(=O)Nc1cccc([N+](=O)[O-])c1.